The maximum atomic E-state index is 3.88. The van der Waals surface area contributed by atoms with Crippen molar-refractivity contribution >= 4 is 0 Å². The van der Waals surface area contributed by atoms with Crippen LogP contribution in [0.2, 0.25) is 0 Å². The molecule has 2 nitrogen and oxygen atoms in total. The normalized spacial score (nSPS) is 34.2. The Bertz CT molecular complexity index is 258. The van der Waals surface area contributed by atoms with E-state index in [1.807, 2.05) is 0 Å². The second kappa shape index (κ2) is 5.50. The van der Waals surface area contributed by atoms with E-state index in [9.17, 15) is 0 Å². The van der Waals surface area contributed by atoms with Gasteiger partial charge in [0.25, 0.3) is 0 Å². The van der Waals surface area contributed by atoms with Gasteiger partial charge >= 0.3 is 0 Å². The zero-order valence-corrected chi connectivity index (χ0v) is 12.2. The van der Waals surface area contributed by atoms with Gasteiger partial charge in [-0.1, -0.05) is 6.92 Å². The van der Waals surface area contributed by atoms with E-state index in [0.717, 1.165) is 29.8 Å². The van der Waals surface area contributed by atoms with Gasteiger partial charge in [0.1, 0.15) is 0 Å². The summed E-state index contributed by atoms with van der Waals surface area (Å²) in [6.07, 6.45) is 8.77. The SMILES string of the molecule is CC1CCN(CCNC(C2CC2)C2CC2)C(C)C1. The number of piperidine rings is 1. The van der Waals surface area contributed by atoms with E-state index in [1.54, 1.807) is 0 Å². The number of hydrogen-bond acceptors (Lipinski definition) is 2. The van der Waals surface area contributed by atoms with Crippen molar-refractivity contribution in [3.05, 3.63) is 0 Å². The molecule has 18 heavy (non-hydrogen) atoms. The molecule has 0 aromatic heterocycles. The number of nitrogens with one attached hydrogen (secondary N) is 1. The van der Waals surface area contributed by atoms with Gasteiger partial charge in [0, 0.05) is 25.2 Å². The molecule has 2 aliphatic carbocycles. The zero-order valence-electron chi connectivity index (χ0n) is 12.2. The molecule has 2 heteroatoms. The molecule has 0 radical (unpaired) electrons. The summed E-state index contributed by atoms with van der Waals surface area (Å²) in [6, 6.07) is 1.68. The lowest BCUT2D eigenvalue weighted by atomic mass is 9.93. The molecule has 0 spiro atoms. The summed E-state index contributed by atoms with van der Waals surface area (Å²) >= 11 is 0. The van der Waals surface area contributed by atoms with Gasteiger partial charge in [-0.3, -0.25) is 4.90 Å². The summed E-state index contributed by atoms with van der Waals surface area (Å²) in [5.74, 6) is 3.02. The first-order valence-electron chi connectivity index (χ1n) is 8.21. The Hall–Kier alpha value is -0.0800. The summed E-state index contributed by atoms with van der Waals surface area (Å²) in [7, 11) is 0. The first kappa shape index (κ1) is 12.9. The van der Waals surface area contributed by atoms with Gasteiger partial charge in [0.15, 0.2) is 0 Å². The molecular formula is C16H30N2. The highest BCUT2D eigenvalue weighted by Crippen LogP contribution is 2.44. The van der Waals surface area contributed by atoms with Crippen molar-refractivity contribution in [1.82, 2.24) is 10.2 Å². The number of nitrogens with zero attached hydrogens (tertiary/aromatic N) is 1. The minimum absolute atomic E-state index is 0.802. The van der Waals surface area contributed by atoms with Gasteiger partial charge in [0.2, 0.25) is 0 Å². The Morgan fingerprint density at radius 3 is 2.28 bits per heavy atom. The van der Waals surface area contributed by atoms with E-state index in [0.29, 0.717) is 0 Å². The fraction of sp³-hybridized carbons (Fsp3) is 1.00. The average molecular weight is 250 g/mol. The van der Waals surface area contributed by atoms with Crippen LogP contribution in [0.25, 0.3) is 0 Å². The molecule has 0 aromatic rings. The van der Waals surface area contributed by atoms with Crippen molar-refractivity contribution in [2.75, 3.05) is 19.6 Å². The monoisotopic (exact) mass is 250 g/mol. The Kier molecular flexibility index (Phi) is 3.95. The summed E-state index contributed by atoms with van der Waals surface area (Å²) in [4.78, 5) is 2.70. The fourth-order valence-corrected chi connectivity index (χ4v) is 3.79. The van der Waals surface area contributed by atoms with Gasteiger partial charge in [-0.05, 0) is 69.7 Å². The molecule has 2 atom stereocenters. The largest absolute Gasteiger partial charge is 0.312 e. The van der Waals surface area contributed by atoms with Crippen LogP contribution in [-0.2, 0) is 0 Å². The Morgan fingerprint density at radius 2 is 1.72 bits per heavy atom. The van der Waals surface area contributed by atoms with Crippen LogP contribution in [0.5, 0.6) is 0 Å². The van der Waals surface area contributed by atoms with Gasteiger partial charge in [0.05, 0.1) is 0 Å². The van der Waals surface area contributed by atoms with E-state index in [2.05, 4.69) is 24.1 Å². The molecule has 2 unspecified atom stereocenters. The zero-order chi connectivity index (χ0) is 12.5. The predicted molar refractivity (Wildman–Crippen MR) is 76.7 cm³/mol. The molecule has 1 aliphatic heterocycles. The standard InChI is InChI=1S/C16H30N2/c1-12-7-9-18(13(2)11-12)10-8-17-16(14-3-4-14)15-5-6-15/h12-17H,3-11H2,1-2H3. The molecule has 0 amide bonds. The molecule has 0 aromatic carbocycles. The topological polar surface area (TPSA) is 15.3 Å². The van der Waals surface area contributed by atoms with Gasteiger partial charge in [-0.2, -0.15) is 0 Å². The minimum Gasteiger partial charge on any atom is -0.312 e. The van der Waals surface area contributed by atoms with Crippen LogP contribution >= 0.6 is 0 Å². The second-order valence-electron chi connectivity index (χ2n) is 7.17. The quantitative estimate of drug-likeness (QED) is 0.780. The molecule has 3 rings (SSSR count). The third kappa shape index (κ3) is 3.27. The van der Waals surface area contributed by atoms with E-state index in [-0.39, 0.29) is 0 Å². The molecule has 3 fully saturated rings. The fourth-order valence-electron chi connectivity index (χ4n) is 3.79. The van der Waals surface area contributed by atoms with Crippen LogP contribution in [0.1, 0.15) is 52.4 Å². The molecule has 3 aliphatic rings. The predicted octanol–water partition coefficient (Wildman–Crippen LogP) is 2.89. The van der Waals surface area contributed by atoms with Crippen molar-refractivity contribution in [2.45, 2.75) is 64.5 Å². The summed E-state index contributed by atoms with van der Waals surface area (Å²) in [6.45, 7) is 8.62. The highest BCUT2D eigenvalue weighted by Gasteiger charge is 2.40. The summed E-state index contributed by atoms with van der Waals surface area (Å²) in [5.41, 5.74) is 0. The van der Waals surface area contributed by atoms with Crippen LogP contribution in [0, 0.1) is 17.8 Å². The van der Waals surface area contributed by atoms with Crippen LogP contribution in [0.4, 0.5) is 0 Å². The number of hydrogen-bond donors (Lipinski definition) is 1. The van der Waals surface area contributed by atoms with Gasteiger partial charge in [-0.15, -0.1) is 0 Å². The molecule has 1 saturated heterocycles. The highest BCUT2D eigenvalue weighted by molar-refractivity contribution is 4.96. The van der Waals surface area contributed by atoms with Crippen molar-refractivity contribution < 1.29 is 0 Å². The van der Waals surface area contributed by atoms with Crippen LogP contribution in [0.3, 0.4) is 0 Å². The third-order valence-electron chi connectivity index (χ3n) is 5.31. The third-order valence-corrected chi connectivity index (χ3v) is 5.31. The first-order valence-corrected chi connectivity index (χ1v) is 8.21. The average Bonchev–Trinajstić information content (AvgIpc) is 3.20. The molecular weight excluding hydrogens is 220 g/mol. The Labute approximate surface area is 113 Å². The van der Waals surface area contributed by atoms with E-state index in [1.165, 1.54) is 58.2 Å². The number of rotatable bonds is 6. The van der Waals surface area contributed by atoms with Gasteiger partial charge < -0.3 is 5.32 Å². The summed E-state index contributed by atoms with van der Waals surface area (Å²) in [5, 5.41) is 3.88. The van der Waals surface area contributed by atoms with Crippen molar-refractivity contribution in [2.24, 2.45) is 17.8 Å². The van der Waals surface area contributed by atoms with Crippen molar-refractivity contribution in [3.63, 3.8) is 0 Å². The molecule has 0 bridgehead atoms. The second-order valence-corrected chi connectivity index (χ2v) is 7.17. The lowest BCUT2D eigenvalue weighted by Crippen LogP contribution is -2.45. The van der Waals surface area contributed by atoms with Crippen LogP contribution in [-0.4, -0.2) is 36.6 Å². The molecule has 2 saturated carbocycles. The highest BCUT2D eigenvalue weighted by atomic mass is 15.2. The van der Waals surface area contributed by atoms with Crippen molar-refractivity contribution in [3.8, 4) is 0 Å². The lowest BCUT2D eigenvalue weighted by Gasteiger charge is -2.36. The minimum atomic E-state index is 0.802. The lowest BCUT2D eigenvalue weighted by molar-refractivity contribution is 0.128. The van der Waals surface area contributed by atoms with Gasteiger partial charge in [-0.25, -0.2) is 0 Å². The smallest absolute Gasteiger partial charge is 0.0124 e. The maximum absolute atomic E-state index is 3.88. The first-order chi connectivity index (χ1) is 8.74. The summed E-state index contributed by atoms with van der Waals surface area (Å²) < 4.78 is 0. The Balaban J connectivity index is 1.38. The molecule has 1 heterocycles. The van der Waals surface area contributed by atoms with Crippen LogP contribution < -0.4 is 5.32 Å². The van der Waals surface area contributed by atoms with E-state index in [4.69, 9.17) is 0 Å². The molecule has 1 N–H and O–H groups in total. The van der Waals surface area contributed by atoms with Crippen molar-refractivity contribution in [1.29, 1.82) is 0 Å². The van der Waals surface area contributed by atoms with E-state index < -0.39 is 0 Å². The maximum Gasteiger partial charge on any atom is 0.0124 e. The Morgan fingerprint density at radius 1 is 1.06 bits per heavy atom. The molecule has 104 valence electrons. The number of likely N-dealkylation sites (tertiary alicyclic amines) is 1. The van der Waals surface area contributed by atoms with E-state index >= 15 is 0 Å². The van der Waals surface area contributed by atoms with Crippen LogP contribution in [0.15, 0.2) is 0 Å².